The number of nitrogens with one attached hydrogen (secondary N) is 1. The molecule has 0 unspecified atom stereocenters. The number of likely N-dealkylation sites (tertiary alicyclic amines) is 2. The second-order valence-corrected chi connectivity index (χ2v) is 5.49. The minimum absolute atomic E-state index is 0.901. The third kappa shape index (κ3) is 2.19. The summed E-state index contributed by atoms with van der Waals surface area (Å²) in [5.74, 6) is 0.951. The van der Waals surface area contributed by atoms with Crippen LogP contribution in [0, 0.1) is 5.92 Å². The fraction of sp³-hybridized carbons (Fsp3) is 1.00. The predicted molar refractivity (Wildman–Crippen MR) is 62.0 cm³/mol. The summed E-state index contributed by atoms with van der Waals surface area (Å²) < 4.78 is 0. The Hall–Kier alpha value is -0.120. The fourth-order valence-corrected chi connectivity index (χ4v) is 3.05. The summed E-state index contributed by atoms with van der Waals surface area (Å²) >= 11 is 0. The molecule has 3 fully saturated rings. The van der Waals surface area contributed by atoms with Crippen molar-refractivity contribution in [2.75, 3.05) is 45.8 Å². The standard InChI is InChI=1S/C12H23N3/c1-2-4-15(5-3-1)12-9-14(10-12)8-11-6-13-7-11/h11-13H,1-10H2. The molecule has 0 aromatic carbocycles. The van der Waals surface area contributed by atoms with Crippen molar-refractivity contribution in [1.29, 1.82) is 0 Å². The highest BCUT2D eigenvalue weighted by atomic mass is 15.3. The zero-order chi connectivity index (χ0) is 10.1. The Morgan fingerprint density at radius 3 is 2.33 bits per heavy atom. The molecule has 15 heavy (non-hydrogen) atoms. The molecule has 3 rings (SSSR count). The molecule has 3 heterocycles. The number of piperidine rings is 1. The van der Waals surface area contributed by atoms with Crippen molar-refractivity contribution < 1.29 is 0 Å². The number of hydrogen-bond acceptors (Lipinski definition) is 3. The van der Waals surface area contributed by atoms with E-state index in [0.29, 0.717) is 0 Å². The molecular weight excluding hydrogens is 186 g/mol. The third-order valence-electron chi connectivity index (χ3n) is 4.23. The number of hydrogen-bond donors (Lipinski definition) is 1. The van der Waals surface area contributed by atoms with Crippen LogP contribution in [-0.4, -0.2) is 61.7 Å². The summed E-state index contributed by atoms with van der Waals surface area (Å²) in [5, 5.41) is 3.35. The lowest BCUT2D eigenvalue weighted by atomic mass is 9.97. The summed E-state index contributed by atoms with van der Waals surface area (Å²) in [4.78, 5) is 5.36. The maximum absolute atomic E-state index is 3.35. The Labute approximate surface area is 92.8 Å². The molecule has 0 radical (unpaired) electrons. The van der Waals surface area contributed by atoms with E-state index in [2.05, 4.69) is 15.1 Å². The molecule has 0 aromatic rings. The van der Waals surface area contributed by atoms with Gasteiger partial charge in [-0.1, -0.05) is 6.42 Å². The lowest BCUT2D eigenvalue weighted by molar-refractivity contribution is 0.00968. The van der Waals surface area contributed by atoms with Crippen molar-refractivity contribution >= 4 is 0 Å². The van der Waals surface area contributed by atoms with Crippen molar-refractivity contribution in [2.24, 2.45) is 5.92 Å². The first-order valence-electron chi connectivity index (χ1n) is 6.59. The van der Waals surface area contributed by atoms with E-state index in [4.69, 9.17) is 0 Å². The van der Waals surface area contributed by atoms with Crippen LogP contribution in [0.15, 0.2) is 0 Å². The van der Waals surface area contributed by atoms with Gasteiger partial charge in [0.1, 0.15) is 0 Å². The quantitative estimate of drug-likeness (QED) is 0.725. The van der Waals surface area contributed by atoms with E-state index < -0.39 is 0 Å². The van der Waals surface area contributed by atoms with E-state index in [-0.39, 0.29) is 0 Å². The van der Waals surface area contributed by atoms with Crippen LogP contribution in [0.25, 0.3) is 0 Å². The van der Waals surface area contributed by atoms with Gasteiger partial charge in [-0.2, -0.15) is 0 Å². The molecule has 3 heteroatoms. The highest BCUT2D eigenvalue weighted by Gasteiger charge is 2.34. The minimum atomic E-state index is 0.901. The molecule has 3 aliphatic heterocycles. The molecule has 1 N–H and O–H groups in total. The average molecular weight is 209 g/mol. The minimum Gasteiger partial charge on any atom is -0.316 e. The Kier molecular flexibility index (Phi) is 2.95. The van der Waals surface area contributed by atoms with Gasteiger partial charge >= 0.3 is 0 Å². The Bertz CT molecular complexity index is 203. The van der Waals surface area contributed by atoms with Gasteiger partial charge in [0, 0.05) is 38.8 Å². The molecule has 0 amide bonds. The van der Waals surface area contributed by atoms with Crippen molar-refractivity contribution in [2.45, 2.75) is 25.3 Å². The number of rotatable bonds is 3. The second-order valence-electron chi connectivity index (χ2n) is 5.49. The van der Waals surface area contributed by atoms with Gasteiger partial charge in [-0.25, -0.2) is 0 Å². The van der Waals surface area contributed by atoms with Crippen LogP contribution < -0.4 is 5.32 Å². The SMILES string of the molecule is C1CCN(C2CN(CC3CNC3)C2)CC1. The highest BCUT2D eigenvalue weighted by Crippen LogP contribution is 2.21. The van der Waals surface area contributed by atoms with Crippen LogP contribution in [0.5, 0.6) is 0 Å². The van der Waals surface area contributed by atoms with Gasteiger partial charge < -0.3 is 5.32 Å². The van der Waals surface area contributed by atoms with E-state index in [0.717, 1.165) is 12.0 Å². The molecule has 86 valence electrons. The Balaban J connectivity index is 1.37. The van der Waals surface area contributed by atoms with Crippen LogP contribution >= 0.6 is 0 Å². The first-order chi connectivity index (χ1) is 7.42. The molecule has 0 bridgehead atoms. The molecule has 0 aliphatic carbocycles. The van der Waals surface area contributed by atoms with E-state index in [1.54, 1.807) is 0 Å². The van der Waals surface area contributed by atoms with Crippen molar-refractivity contribution in [3.05, 3.63) is 0 Å². The van der Waals surface area contributed by atoms with Gasteiger partial charge in [0.15, 0.2) is 0 Å². The second kappa shape index (κ2) is 4.40. The lowest BCUT2D eigenvalue weighted by Crippen LogP contribution is -2.62. The van der Waals surface area contributed by atoms with Crippen LogP contribution in [0.4, 0.5) is 0 Å². The highest BCUT2D eigenvalue weighted by molar-refractivity contribution is 4.91. The van der Waals surface area contributed by atoms with Crippen LogP contribution in [0.1, 0.15) is 19.3 Å². The summed E-state index contributed by atoms with van der Waals surface area (Å²) in [6, 6.07) is 0.901. The maximum Gasteiger partial charge on any atom is 0.0350 e. The molecule has 0 spiro atoms. The maximum atomic E-state index is 3.35. The predicted octanol–water partition coefficient (Wildman–Crippen LogP) is 0.376. The summed E-state index contributed by atoms with van der Waals surface area (Å²) in [6.07, 6.45) is 4.33. The van der Waals surface area contributed by atoms with Crippen molar-refractivity contribution in [3.63, 3.8) is 0 Å². The summed E-state index contributed by atoms with van der Waals surface area (Å²) in [5.41, 5.74) is 0. The molecule has 0 saturated carbocycles. The first kappa shape index (κ1) is 10.1. The molecule has 0 aromatic heterocycles. The van der Waals surface area contributed by atoms with Crippen molar-refractivity contribution in [3.8, 4) is 0 Å². The first-order valence-corrected chi connectivity index (χ1v) is 6.59. The van der Waals surface area contributed by atoms with Gasteiger partial charge in [-0.15, -0.1) is 0 Å². The van der Waals surface area contributed by atoms with Gasteiger partial charge in [-0.05, 0) is 31.8 Å². The van der Waals surface area contributed by atoms with Gasteiger partial charge in [0.05, 0.1) is 0 Å². The molecule has 3 saturated heterocycles. The molecule has 3 aliphatic rings. The monoisotopic (exact) mass is 209 g/mol. The smallest absolute Gasteiger partial charge is 0.0350 e. The zero-order valence-corrected chi connectivity index (χ0v) is 9.62. The molecule has 0 atom stereocenters. The Morgan fingerprint density at radius 1 is 1.00 bits per heavy atom. The van der Waals surface area contributed by atoms with Crippen LogP contribution in [-0.2, 0) is 0 Å². The van der Waals surface area contributed by atoms with Crippen LogP contribution in [0.2, 0.25) is 0 Å². The Morgan fingerprint density at radius 2 is 1.73 bits per heavy atom. The largest absolute Gasteiger partial charge is 0.316 e. The molecular formula is C12H23N3. The lowest BCUT2D eigenvalue weighted by Gasteiger charge is -2.48. The van der Waals surface area contributed by atoms with E-state index in [9.17, 15) is 0 Å². The zero-order valence-electron chi connectivity index (χ0n) is 9.62. The normalized spacial score (nSPS) is 31.2. The summed E-state index contributed by atoms with van der Waals surface area (Å²) in [7, 11) is 0. The van der Waals surface area contributed by atoms with Crippen molar-refractivity contribution in [1.82, 2.24) is 15.1 Å². The van der Waals surface area contributed by atoms with E-state index in [1.165, 1.54) is 65.1 Å². The fourth-order valence-electron chi connectivity index (χ4n) is 3.05. The average Bonchev–Trinajstić information content (AvgIpc) is 2.14. The van der Waals surface area contributed by atoms with E-state index in [1.807, 2.05) is 0 Å². The van der Waals surface area contributed by atoms with Gasteiger partial charge in [0.25, 0.3) is 0 Å². The van der Waals surface area contributed by atoms with E-state index >= 15 is 0 Å². The van der Waals surface area contributed by atoms with Gasteiger partial charge in [-0.3, -0.25) is 9.80 Å². The topological polar surface area (TPSA) is 18.5 Å². The molecule has 3 nitrogen and oxygen atoms in total. The number of nitrogens with zero attached hydrogens (tertiary/aromatic N) is 2. The summed E-state index contributed by atoms with van der Waals surface area (Å²) in [6.45, 7) is 9.27. The van der Waals surface area contributed by atoms with Crippen LogP contribution in [0.3, 0.4) is 0 Å². The van der Waals surface area contributed by atoms with Gasteiger partial charge in [0.2, 0.25) is 0 Å². The third-order valence-corrected chi connectivity index (χ3v) is 4.23.